The summed E-state index contributed by atoms with van der Waals surface area (Å²) in [6.45, 7) is 3.46. The molecule has 1 saturated carbocycles. The zero-order valence-electron chi connectivity index (χ0n) is 10.9. The van der Waals surface area contributed by atoms with Gasteiger partial charge in [0, 0.05) is 16.1 Å². The molecule has 0 amide bonds. The third-order valence-electron chi connectivity index (χ3n) is 3.56. The summed E-state index contributed by atoms with van der Waals surface area (Å²) in [6.07, 6.45) is 6.17. The number of benzene rings is 1. The molecule has 1 nitrogen and oxygen atoms in total. The lowest BCUT2D eigenvalue weighted by atomic mass is 9.98. The van der Waals surface area contributed by atoms with Crippen molar-refractivity contribution in [2.24, 2.45) is 5.92 Å². The zero-order chi connectivity index (χ0) is 13.0. The molecule has 0 aromatic heterocycles. The van der Waals surface area contributed by atoms with Gasteiger partial charge < -0.3 is 5.32 Å². The Morgan fingerprint density at radius 1 is 1.28 bits per heavy atom. The van der Waals surface area contributed by atoms with Gasteiger partial charge in [0.05, 0.1) is 0 Å². The molecule has 1 fully saturated rings. The van der Waals surface area contributed by atoms with Gasteiger partial charge in [-0.25, -0.2) is 0 Å². The first-order valence-electron chi connectivity index (χ1n) is 6.82. The quantitative estimate of drug-likeness (QED) is 0.765. The summed E-state index contributed by atoms with van der Waals surface area (Å²) in [7, 11) is 0. The summed E-state index contributed by atoms with van der Waals surface area (Å²) in [5, 5.41) is 5.17. The van der Waals surface area contributed by atoms with Gasteiger partial charge in [-0.15, -0.1) is 0 Å². The van der Waals surface area contributed by atoms with Crippen LogP contribution < -0.4 is 5.32 Å². The first kappa shape index (κ1) is 14.2. The standard InChI is InChI=1S/C15H21Cl2N/c1-11(8-9-18-14-5-6-14)2-3-12-10-13(16)4-7-15(12)17/h4,7,10-11,14,18H,2-3,5-6,8-9H2,1H3. The van der Waals surface area contributed by atoms with Crippen molar-refractivity contribution in [1.29, 1.82) is 0 Å². The third kappa shape index (κ3) is 4.79. The van der Waals surface area contributed by atoms with Gasteiger partial charge in [0.2, 0.25) is 0 Å². The average Bonchev–Trinajstić information content (AvgIpc) is 3.14. The van der Waals surface area contributed by atoms with Crippen molar-refractivity contribution in [2.45, 2.75) is 45.1 Å². The summed E-state index contributed by atoms with van der Waals surface area (Å²) >= 11 is 12.2. The molecule has 100 valence electrons. The van der Waals surface area contributed by atoms with Crippen molar-refractivity contribution >= 4 is 23.2 Å². The van der Waals surface area contributed by atoms with E-state index in [1.807, 2.05) is 18.2 Å². The molecule has 3 heteroatoms. The molecule has 1 aliphatic rings. The molecular formula is C15H21Cl2N. The predicted molar refractivity (Wildman–Crippen MR) is 79.6 cm³/mol. The lowest BCUT2D eigenvalue weighted by Crippen LogP contribution is -2.19. The van der Waals surface area contributed by atoms with Gasteiger partial charge in [-0.3, -0.25) is 0 Å². The summed E-state index contributed by atoms with van der Waals surface area (Å²) in [5.41, 5.74) is 1.17. The Morgan fingerprint density at radius 2 is 2.06 bits per heavy atom. The van der Waals surface area contributed by atoms with E-state index in [1.165, 1.54) is 31.2 Å². The molecule has 0 aliphatic heterocycles. The van der Waals surface area contributed by atoms with Crippen LogP contribution in [0.5, 0.6) is 0 Å². The summed E-state index contributed by atoms with van der Waals surface area (Å²) < 4.78 is 0. The third-order valence-corrected chi connectivity index (χ3v) is 4.17. The largest absolute Gasteiger partial charge is 0.314 e. The maximum Gasteiger partial charge on any atom is 0.0439 e. The molecule has 1 aromatic carbocycles. The molecule has 0 heterocycles. The summed E-state index contributed by atoms with van der Waals surface area (Å²) in [5.74, 6) is 0.728. The van der Waals surface area contributed by atoms with Crippen LogP contribution in [0.3, 0.4) is 0 Å². The number of hydrogen-bond acceptors (Lipinski definition) is 1. The van der Waals surface area contributed by atoms with Crippen LogP contribution in [0.4, 0.5) is 0 Å². The van der Waals surface area contributed by atoms with Crippen LogP contribution in [0.15, 0.2) is 18.2 Å². The molecule has 1 atom stereocenters. The van der Waals surface area contributed by atoms with Crippen molar-refractivity contribution in [2.75, 3.05) is 6.54 Å². The highest BCUT2D eigenvalue weighted by Crippen LogP contribution is 2.24. The van der Waals surface area contributed by atoms with E-state index in [0.717, 1.165) is 35.0 Å². The van der Waals surface area contributed by atoms with E-state index in [-0.39, 0.29) is 0 Å². The van der Waals surface area contributed by atoms with E-state index in [4.69, 9.17) is 23.2 Å². The highest BCUT2D eigenvalue weighted by molar-refractivity contribution is 6.33. The number of nitrogens with one attached hydrogen (secondary N) is 1. The SMILES string of the molecule is CC(CCNC1CC1)CCc1cc(Cl)ccc1Cl. The van der Waals surface area contributed by atoms with Gasteiger partial charge in [-0.1, -0.05) is 30.1 Å². The van der Waals surface area contributed by atoms with Gasteiger partial charge in [0.25, 0.3) is 0 Å². The normalized spacial score (nSPS) is 16.8. The fraction of sp³-hybridized carbons (Fsp3) is 0.600. The van der Waals surface area contributed by atoms with Gasteiger partial charge in [-0.2, -0.15) is 0 Å². The average molecular weight is 286 g/mol. The smallest absolute Gasteiger partial charge is 0.0439 e. The van der Waals surface area contributed by atoms with E-state index >= 15 is 0 Å². The zero-order valence-corrected chi connectivity index (χ0v) is 12.4. The summed E-state index contributed by atoms with van der Waals surface area (Å²) in [4.78, 5) is 0. The first-order valence-corrected chi connectivity index (χ1v) is 7.58. The van der Waals surface area contributed by atoms with E-state index in [9.17, 15) is 0 Å². The molecule has 2 rings (SSSR count). The van der Waals surface area contributed by atoms with Crippen LogP contribution in [0.25, 0.3) is 0 Å². The maximum absolute atomic E-state index is 6.16. The molecule has 1 unspecified atom stereocenters. The van der Waals surface area contributed by atoms with Crippen LogP contribution >= 0.6 is 23.2 Å². The first-order chi connectivity index (χ1) is 8.65. The van der Waals surface area contributed by atoms with Crippen molar-refractivity contribution in [1.82, 2.24) is 5.32 Å². The highest BCUT2D eigenvalue weighted by Gasteiger charge is 2.19. The Labute approximate surface area is 120 Å². The molecule has 1 aromatic rings. The Bertz CT molecular complexity index is 388. The van der Waals surface area contributed by atoms with Gasteiger partial charge in [0.1, 0.15) is 0 Å². The van der Waals surface area contributed by atoms with Gasteiger partial charge >= 0.3 is 0 Å². The topological polar surface area (TPSA) is 12.0 Å². The van der Waals surface area contributed by atoms with E-state index in [0.29, 0.717) is 0 Å². The Balaban J connectivity index is 1.70. The van der Waals surface area contributed by atoms with Crippen molar-refractivity contribution in [3.05, 3.63) is 33.8 Å². The van der Waals surface area contributed by atoms with Crippen molar-refractivity contribution in [3.8, 4) is 0 Å². The summed E-state index contributed by atoms with van der Waals surface area (Å²) in [6, 6.07) is 6.54. The fourth-order valence-corrected chi connectivity index (χ4v) is 2.51. The highest BCUT2D eigenvalue weighted by atomic mass is 35.5. The van der Waals surface area contributed by atoms with Crippen LogP contribution in [-0.2, 0) is 6.42 Å². The second-order valence-electron chi connectivity index (χ2n) is 5.40. The van der Waals surface area contributed by atoms with Crippen molar-refractivity contribution < 1.29 is 0 Å². The number of hydrogen-bond donors (Lipinski definition) is 1. The minimum Gasteiger partial charge on any atom is -0.314 e. The van der Waals surface area contributed by atoms with E-state index in [2.05, 4.69) is 12.2 Å². The molecule has 1 aliphatic carbocycles. The van der Waals surface area contributed by atoms with Crippen LogP contribution in [-0.4, -0.2) is 12.6 Å². The number of rotatable bonds is 7. The monoisotopic (exact) mass is 285 g/mol. The fourth-order valence-electron chi connectivity index (χ4n) is 2.10. The van der Waals surface area contributed by atoms with Crippen LogP contribution in [0, 0.1) is 5.92 Å². The Morgan fingerprint density at radius 3 is 2.78 bits per heavy atom. The van der Waals surface area contributed by atoms with Crippen molar-refractivity contribution in [3.63, 3.8) is 0 Å². The lowest BCUT2D eigenvalue weighted by Gasteiger charge is -2.12. The molecule has 0 bridgehead atoms. The minimum atomic E-state index is 0.728. The molecule has 0 radical (unpaired) electrons. The van der Waals surface area contributed by atoms with Gasteiger partial charge in [-0.05, 0) is 68.3 Å². The molecule has 0 saturated heterocycles. The van der Waals surface area contributed by atoms with Crippen LogP contribution in [0.1, 0.15) is 38.2 Å². The van der Waals surface area contributed by atoms with Gasteiger partial charge in [0.15, 0.2) is 0 Å². The second-order valence-corrected chi connectivity index (χ2v) is 6.24. The second kappa shape index (κ2) is 6.79. The number of halogens is 2. The molecule has 0 spiro atoms. The van der Waals surface area contributed by atoms with E-state index in [1.54, 1.807) is 0 Å². The Hall–Kier alpha value is -0.240. The Kier molecular flexibility index (Phi) is 5.35. The predicted octanol–water partition coefficient (Wildman–Crippen LogP) is 4.70. The lowest BCUT2D eigenvalue weighted by molar-refractivity contribution is 0.469. The molecular weight excluding hydrogens is 265 g/mol. The molecule has 1 N–H and O–H groups in total. The molecule has 18 heavy (non-hydrogen) atoms. The van der Waals surface area contributed by atoms with E-state index < -0.39 is 0 Å². The minimum absolute atomic E-state index is 0.728. The van der Waals surface area contributed by atoms with Crippen LogP contribution in [0.2, 0.25) is 10.0 Å². The maximum atomic E-state index is 6.16. The number of aryl methyl sites for hydroxylation is 1.